The Morgan fingerprint density at radius 2 is 1.73 bits per heavy atom. The minimum absolute atomic E-state index is 0.0431. The maximum atomic E-state index is 10.8. The normalized spacial score (nSPS) is 45.9. The summed E-state index contributed by atoms with van der Waals surface area (Å²) in [6, 6.07) is 0. The zero-order valence-electron chi connectivity index (χ0n) is 23.3. The van der Waals surface area contributed by atoms with Gasteiger partial charge in [0, 0.05) is 0 Å². The van der Waals surface area contributed by atoms with E-state index in [0.717, 1.165) is 24.2 Å². The van der Waals surface area contributed by atoms with E-state index in [1.807, 2.05) is 5.57 Å². The topological polar surface area (TPSA) is 20.2 Å². The van der Waals surface area contributed by atoms with Gasteiger partial charge in [0.1, 0.15) is 0 Å². The Morgan fingerprint density at radius 1 is 1.03 bits per heavy atom. The van der Waals surface area contributed by atoms with Crippen LogP contribution in [0.3, 0.4) is 0 Å². The minimum Gasteiger partial charge on any atom is -0.393 e. The van der Waals surface area contributed by atoms with E-state index < -0.39 is 0 Å². The van der Waals surface area contributed by atoms with Crippen LogP contribution >= 0.6 is 0 Å². The highest BCUT2D eigenvalue weighted by molar-refractivity contribution is 5.35. The second-order valence-electron chi connectivity index (χ2n) is 14.3. The third-order valence-corrected chi connectivity index (χ3v) is 12.7. The van der Waals surface area contributed by atoms with Gasteiger partial charge in [-0.3, -0.25) is 0 Å². The lowest BCUT2D eigenvalue weighted by atomic mass is 9.40. The van der Waals surface area contributed by atoms with E-state index in [2.05, 4.69) is 68.0 Å². The highest BCUT2D eigenvalue weighted by Crippen LogP contribution is 2.74. The van der Waals surface area contributed by atoms with Crippen molar-refractivity contribution in [1.29, 1.82) is 0 Å². The second-order valence-corrected chi connectivity index (χ2v) is 14.3. The molecule has 0 bridgehead atoms. The van der Waals surface area contributed by atoms with Crippen LogP contribution in [0.2, 0.25) is 0 Å². The van der Waals surface area contributed by atoms with Crippen LogP contribution in [0.5, 0.6) is 0 Å². The molecule has 1 N–H and O–H groups in total. The summed E-state index contributed by atoms with van der Waals surface area (Å²) in [6.07, 6.45) is 15.4. The van der Waals surface area contributed by atoms with Crippen molar-refractivity contribution in [2.75, 3.05) is 0 Å². The SMILES string of the molecule is C=C(C)C(CC)CC[C@@H](C)[C@H]1CC[C@@]2(C)C3=CC[C@@H]4[C@H](CC[C@H](O)C4(C)C)[C@]3(C)CC[C@]12C. The highest BCUT2D eigenvalue weighted by atomic mass is 16.3. The summed E-state index contributed by atoms with van der Waals surface area (Å²) in [5.74, 6) is 3.72. The van der Waals surface area contributed by atoms with Gasteiger partial charge in [0.2, 0.25) is 0 Å². The van der Waals surface area contributed by atoms with Crippen LogP contribution in [0.4, 0.5) is 0 Å². The van der Waals surface area contributed by atoms with Crippen molar-refractivity contribution in [2.45, 2.75) is 126 Å². The van der Waals surface area contributed by atoms with E-state index in [-0.39, 0.29) is 11.5 Å². The van der Waals surface area contributed by atoms with Crippen molar-refractivity contribution in [3.8, 4) is 0 Å². The molecule has 0 radical (unpaired) electrons. The number of hydrogen-bond acceptors (Lipinski definition) is 1. The number of rotatable bonds is 6. The lowest BCUT2D eigenvalue weighted by Gasteiger charge is -2.64. The van der Waals surface area contributed by atoms with E-state index in [9.17, 15) is 5.11 Å². The molecule has 4 aliphatic carbocycles. The molecule has 0 aliphatic heterocycles. The van der Waals surface area contributed by atoms with Gasteiger partial charge in [0.25, 0.3) is 0 Å². The van der Waals surface area contributed by atoms with Gasteiger partial charge < -0.3 is 5.11 Å². The van der Waals surface area contributed by atoms with Crippen molar-refractivity contribution in [3.63, 3.8) is 0 Å². The largest absolute Gasteiger partial charge is 0.393 e. The number of fused-ring (bicyclic) bond motifs is 5. The van der Waals surface area contributed by atoms with E-state index in [1.165, 1.54) is 63.4 Å². The Bertz CT molecular complexity index is 790. The Labute approximate surface area is 205 Å². The van der Waals surface area contributed by atoms with Gasteiger partial charge >= 0.3 is 0 Å². The van der Waals surface area contributed by atoms with Crippen molar-refractivity contribution in [1.82, 2.24) is 0 Å². The molecule has 33 heavy (non-hydrogen) atoms. The molecule has 9 atom stereocenters. The molecule has 1 heteroatoms. The van der Waals surface area contributed by atoms with Crippen molar-refractivity contribution >= 4 is 0 Å². The molecule has 0 aromatic rings. The first-order chi connectivity index (χ1) is 15.3. The number of aliphatic hydroxyl groups is 1. The Morgan fingerprint density at radius 3 is 2.36 bits per heavy atom. The molecule has 3 fully saturated rings. The molecule has 3 saturated carbocycles. The average molecular weight is 455 g/mol. The third-order valence-electron chi connectivity index (χ3n) is 12.7. The van der Waals surface area contributed by atoms with Crippen LogP contribution in [-0.2, 0) is 0 Å². The lowest BCUT2D eigenvalue weighted by molar-refractivity contribution is -0.113. The van der Waals surface area contributed by atoms with Gasteiger partial charge in [-0.05, 0) is 122 Å². The van der Waals surface area contributed by atoms with Crippen LogP contribution in [0.15, 0.2) is 23.8 Å². The molecular formula is C32H54O. The van der Waals surface area contributed by atoms with E-state index in [0.29, 0.717) is 28.1 Å². The Balaban J connectivity index is 1.59. The highest BCUT2D eigenvalue weighted by Gasteiger charge is 2.65. The second kappa shape index (κ2) is 8.53. The van der Waals surface area contributed by atoms with E-state index >= 15 is 0 Å². The zero-order chi connectivity index (χ0) is 24.4. The van der Waals surface area contributed by atoms with Crippen LogP contribution in [0.1, 0.15) is 120 Å². The standard InChI is InChI=1S/C32H54O/c1-10-23(21(2)3)12-11-22(4)24-17-18-32(9)27-15-13-25-26(14-16-28(33)29(25,5)6)30(27,7)19-20-31(24,32)8/h15,22-26,28,33H,2,10-14,16-20H2,1,3-9H3/t22-,23?,24-,25-,26+,28+,30+,31-,32+/m1/s1. The maximum absolute atomic E-state index is 10.8. The molecule has 1 nitrogen and oxygen atoms in total. The molecule has 0 aromatic carbocycles. The smallest absolute Gasteiger partial charge is 0.0594 e. The molecule has 4 aliphatic rings. The first kappa shape index (κ1) is 25.5. The zero-order valence-corrected chi connectivity index (χ0v) is 23.3. The molecule has 188 valence electrons. The fourth-order valence-corrected chi connectivity index (χ4v) is 10.0. The molecule has 0 spiro atoms. The number of aliphatic hydroxyl groups excluding tert-OH is 1. The summed E-state index contributed by atoms with van der Waals surface area (Å²) in [6.45, 7) is 24.0. The first-order valence-electron chi connectivity index (χ1n) is 14.4. The van der Waals surface area contributed by atoms with Gasteiger partial charge in [0.05, 0.1) is 6.10 Å². The molecule has 0 amide bonds. The monoisotopic (exact) mass is 454 g/mol. The molecule has 0 saturated heterocycles. The van der Waals surface area contributed by atoms with Crippen LogP contribution in [0.25, 0.3) is 0 Å². The molecule has 0 aromatic heterocycles. The quantitative estimate of drug-likeness (QED) is 0.397. The van der Waals surface area contributed by atoms with E-state index in [4.69, 9.17) is 0 Å². The molecule has 1 unspecified atom stereocenters. The molecular weight excluding hydrogens is 400 g/mol. The Hall–Kier alpha value is -0.560. The van der Waals surface area contributed by atoms with Gasteiger partial charge in [0.15, 0.2) is 0 Å². The van der Waals surface area contributed by atoms with Crippen molar-refractivity contribution < 1.29 is 5.11 Å². The van der Waals surface area contributed by atoms with Crippen molar-refractivity contribution in [3.05, 3.63) is 23.8 Å². The summed E-state index contributed by atoms with van der Waals surface area (Å²) in [5.41, 5.74) is 4.37. The minimum atomic E-state index is -0.135. The first-order valence-corrected chi connectivity index (χ1v) is 14.4. The predicted octanol–water partition coefficient (Wildman–Crippen LogP) is 8.97. The van der Waals surface area contributed by atoms with Gasteiger partial charge in [-0.15, -0.1) is 0 Å². The summed E-state index contributed by atoms with van der Waals surface area (Å²) >= 11 is 0. The van der Waals surface area contributed by atoms with Gasteiger partial charge in [-0.25, -0.2) is 0 Å². The van der Waals surface area contributed by atoms with E-state index in [1.54, 1.807) is 0 Å². The van der Waals surface area contributed by atoms with Gasteiger partial charge in [-0.2, -0.15) is 0 Å². The average Bonchev–Trinajstić information content (AvgIpc) is 3.02. The lowest BCUT2D eigenvalue weighted by Crippen LogP contribution is -2.57. The van der Waals surface area contributed by atoms with Crippen LogP contribution in [-0.4, -0.2) is 11.2 Å². The molecule has 0 heterocycles. The fourth-order valence-electron chi connectivity index (χ4n) is 10.0. The number of allylic oxidation sites excluding steroid dienone is 3. The molecule has 4 rings (SSSR count). The summed E-state index contributed by atoms with van der Waals surface area (Å²) in [7, 11) is 0. The van der Waals surface area contributed by atoms with Crippen LogP contribution in [0, 0.1) is 51.2 Å². The summed E-state index contributed by atoms with van der Waals surface area (Å²) in [4.78, 5) is 0. The van der Waals surface area contributed by atoms with Gasteiger partial charge in [-0.1, -0.05) is 72.3 Å². The maximum Gasteiger partial charge on any atom is 0.0594 e. The predicted molar refractivity (Wildman–Crippen MR) is 142 cm³/mol. The van der Waals surface area contributed by atoms with Crippen molar-refractivity contribution in [2.24, 2.45) is 51.2 Å². The number of hydrogen-bond donors (Lipinski definition) is 1. The Kier molecular flexibility index (Phi) is 6.60. The summed E-state index contributed by atoms with van der Waals surface area (Å²) in [5, 5.41) is 10.8. The third kappa shape index (κ3) is 3.65. The van der Waals surface area contributed by atoms with Crippen LogP contribution < -0.4 is 0 Å². The summed E-state index contributed by atoms with van der Waals surface area (Å²) < 4.78 is 0. The fraction of sp³-hybridized carbons (Fsp3) is 0.875.